The maximum Gasteiger partial charge on any atom is 0.375 e. The summed E-state index contributed by atoms with van der Waals surface area (Å²) in [6.07, 6.45) is 3.09. The Morgan fingerprint density at radius 2 is 2.23 bits per heavy atom. The van der Waals surface area contributed by atoms with Crippen LogP contribution in [0.3, 0.4) is 0 Å². The van der Waals surface area contributed by atoms with Crippen LogP contribution >= 0.6 is 0 Å². The monoisotopic (exact) mass is 193 g/mol. The number of alkyl halides is 2. The number of unbranched alkanes of at least 4 members (excludes halogenated alkanes) is 1. The number of carboxylic acids is 1. The lowest BCUT2D eigenvalue weighted by Crippen LogP contribution is -2.40. The quantitative estimate of drug-likeness (QED) is 0.472. The van der Waals surface area contributed by atoms with Gasteiger partial charge in [-0.05, 0) is 19.4 Å². The molecule has 0 aromatic rings. The Hall–Kier alpha value is -0.970. The van der Waals surface area contributed by atoms with Gasteiger partial charge in [-0.3, -0.25) is 0 Å². The van der Waals surface area contributed by atoms with Crippen molar-refractivity contribution < 1.29 is 18.7 Å². The van der Waals surface area contributed by atoms with Gasteiger partial charge in [0.15, 0.2) is 0 Å². The predicted octanol–water partition coefficient (Wildman–Crippen LogP) is 1.26. The summed E-state index contributed by atoms with van der Waals surface area (Å²) in [5, 5.41) is 10.4. The molecule has 3 nitrogen and oxygen atoms in total. The molecule has 0 amide bonds. The zero-order valence-corrected chi connectivity index (χ0v) is 7.22. The van der Waals surface area contributed by atoms with Crippen molar-refractivity contribution in [2.24, 2.45) is 0 Å². The fourth-order valence-electron chi connectivity index (χ4n) is 0.692. The molecule has 0 radical (unpaired) electrons. The second-order valence-corrected chi connectivity index (χ2v) is 2.62. The summed E-state index contributed by atoms with van der Waals surface area (Å²) in [6.45, 7) is 3.02. The fourth-order valence-corrected chi connectivity index (χ4v) is 0.692. The number of rotatable bonds is 7. The van der Waals surface area contributed by atoms with Crippen LogP contribution in [0.2, 0.25) is 0 Å². The van der Waals surface area contributed by atoms with E-state index in [0.717, 1.165) is 6.42 Å². The topological polar surface area (TPSA) is 49.3 Å². The van der Waals surface area contributed by atoms with Crippen LogP contribution in [0, 0.1) is 0 Å². The van der Waals surface area contributed by atoms with Crippen LogP contribution in [-0.2, 0) is 4.79 Å². The first-order chi connectivity index (χ1) is 6.00. The first kappa shape index (κ1) is 12.0. The van der Waals surface area contributed by atoms with Crippen molar-refractivity contribution in [3.8, 4) is 0 Å². The maximum absolute atomic E-state index is 12.4. The molecule has 0 saturated carbocycles. The van der Waals surface area contributed by atoms with Gasteiger partial charge in [-0.1, -0.05) is 6.08 Å². The minimum atomic E-state index is -3.67. The van der Waals surface area contributed by atoms with Crippen LogP contribution in [0.25, 0.3) is 0 Å². The fraction of sp³-hybridized carbons (Fsp3) is 0.625. The second kappa shape index (κ2) is 5.64. The molecule has 76 valence electrons. The Labute approximate surface area is 75.4 Å². The van der Waals surface area contributed by atoms with E-state index in [1.807, 2.05) is 0 Å². The number of halogens is 2. The molecule has 0 heterocycles. The van der Waals surface area contributed by atoms with Gasteiger partial charge < -0.3 is 10.4 Å². The molecule has 0 rings (SSSR count). The number of carbonyl (C=O) groups is 1. The number of carboxylic acid groups (broad SMARTS) is 1. The first-order valence-electron chi connectivity index (χ1n) is 3.93. The highest BCUT2D eigenvalue weighted by Gasteiger charge is 2.37. The van der Waals surface area contributed by atoms with Crippen LogP contribution in [0.15, 0.2) is 12.7 Å². The predicted molar refractivity (Wildman–Crippen MR) is 44.9 cm³/mol. The average Bonchev–Trinajstić information content (AvgIpc) is 2.03. The molecule has 0 aromatic heterocycles. The lowest BCUT2D eigenvalue weighted by atomic mass is 10.3. The standard InChI is InChI=1S/C8H13F2NO2/c1-2-3-4-5-11-6-8(9,10)7(12)13/h2,11H,1,3-6H2,(H,12,13). The molecular weight excluding hydrogens is 180 g/mol. The highest BCUT2D eigenvalue weighted by molar-refractivity contribution is 5.75. The molecule has 0 aromatic carbocycles. The van der Waals surface area contributed by atoms with E-state index in [1.165, 1.54) is 0 Å². The van der Waals surface area contributed by atoms with Crippen molar-refractivity contribution in [1.82, 2.24) is 5.32 Å². The molecule has 0 atom stereocenters. The van der Waals surface area contributed by atoms with Gasteiger partial charge in [-0.2, -0.15) is 8.78 Å². The molecule has 5 heteroatoms. The SMILES string of the molecule is C=CCCCNCC(F)(F)C(=O)O. The number of nitrogens with one attached hydrogen (secondary N) is 1. The maximum atomic E-state index is 12.4. The Bertz CT molecular complexity index is 183. The molecule has 0 saturated heterocycles. The van der Waals surface area contributed by atoms with Gasteiger partial charge in [0.25, 0.3) is 0 Å². The van der Waals surface area contributed by atoms with Crippen LogP contribution < -0.4 is 5.32 Å². The van der Waals surface area contributed by atoms with Crippen molar-refractivity contribution in [2.75, 3.05) is 13.1 Å². The highest BCUT2D eigenvalue weighted by Crippen LogP contribution is 2.11. The van der Waals surface area contributed by atoms with E-state index < -0.39 is 18.4 Å². The highest BCUT2D eigenvalue weighted by atomic mass is 19.3. The Kier molecular flexibility index (Phi) is 5.22. The Balaban J connectivity index is 3.52. The van der Waals surface area contributed by atoms with Crippen molar-refractivity contribution in [3.63, 3.8) is 0 Å². The molecule has 0 unspecified atom stereocenters. The molecule has 0 aliphatic rings. The Morgan fingerprint density at radius 3 is 2.69 bits per heavy atom. The molecular formula is C8H13F2NO2. The molecule has 0 aliphatic carbocycles. The van der Waals surface area contributed by atoms with E-state index in [4.69, 9.17) is 5.11 Å². The number of hydrogen-bond acceptors (Lipinski definition) is 2. The van der Waals surface area contributed by atoms with Gasteiger partial charge in [0, 0.05) is 0 Å². The third kappa shape index (κ3) is 5.30. The Morgan fingerprint density at radius 1 is 1.62 bits per heavy atom. The van der Waals surface area contributed by atoms with Crippen LogP contribution in [0.1, 0.15) is 12.8 Å². The van der Waals surface area contributed by atoms with Crippen LogP contribution in [-0.4, -0.2) is 30.1 Å². The number of hydrogen-bond donors (Lipinski definition) is 2. The minimum absolute atomic E-state index is 0.370. The van der Waals surface area contributed by atoms with Gasteiger partial charge in [0.05, 0.1) is 6.54 Å². The van der Waals surface area contributed by atoms with Gasteiger partial charge in [0.1, 0.15) is 0 Å². The van der Waals surface area contributed by atoms with Crippen LogP contribution in [0.5, 0.6) is 0 Å². The zero-order chi connectivity index (χ0) is 10.3. The lowest BCUT2D eigenvalue weighted by Gasteiger charge is -2.11. The molecule has 0 spiro atoms. The van der Waals surface area contributed by atoms with Crippen molar-refractivity contribution in [1.29, 1.82) is 0 Å². The third-order valence-corrected chi connectivity index (χ3v) is 1.42. The zero-order valence-electron chi connectivity index (χ0n) is 7.22. The minimum Gasteiger partial charge on any atom is -0.477 e. The van der Waals surface area contributed by atoms with E-state index in [9.17, 15) is 13.6 Å². The first-order valence-corrected chi connectivity index (χ1v) is 3.93. The lowest BCUT2D eigenvalue weighted by molar-refractivity contribution is -0.163. The summed E-state index contributed by atoms with van der Waals surface area (Å²) in [5.74, 6) is -5.77. The number of aliphatic carboxylic acids is 1. The number of allylic oxidation sites excluding steroid dienone is 1. The molecule has 13 heavy (non-hydrogen) atoms. The molecule has 0 bridgehead atoms. The van der Waals surface area contributed by atoms with E-state index in [2.05, 4.69) is 11.9 Å². The van der Waals surface area contributed by atoms with E-state index in [0.29, 0.717) is 13.0 Å². The van der Waals surface area contributed by atoms with Gasteiger partial charge in [0.2, 0.25) is 0 Å². The van der Waals surface area contributed by atoms with E-state index >= 15 is 0 Å². The third-order valence-electron chi connectivity index (χ3n) is 1.42. The summed E-state index contributed by atoms with van der Waals surface area (Å²) >= 11 is 0. The molecule has 0 aliphatic heterocycles. The normalized spacial score (nSPS) is 11.2. The summed E-state index contributed by atoms with van der Waals surface area (Å²) in [4.78, 5) is 9.93. The average molecular weight is 193 g/mol. The summed E-state index contributed by atoms with van der Waals surface area (Å²) in [6, 6.07) is 0. The summed E-state index contributed by atoms with van der Waals surface area (Å²) in [5.41, 5.74) is 0. The van der Waals surface area contributed by atoms with Crippen LogP contribution in [0.4, 0.5) is 8.78 Å². The van der Waals surface area contributed by atoms with Gasteiger partial charge in [-0.15, -0.1) is 6.58 Å². The molecule has 2 N–H and O–H groups in total. The van der Waals surface area contributed by atoms with E-state index in [1.54, 1.807) is 6.08 Å². The smallest absolute Gasteiger partial charge is 0.375 e. The van der Waals surface area contributed by atoms with Crippen molar-refractivity contribution >= 4 is 5.97 Å². The van der Waals surface area contributed by atoms with Gasteiger partial charge in [-0.25, -0.2) is 4.79 Å². The largest absolute Gasteiger partial charge is 0.477 e. The second-order valence-electron chi connectivity index (χ2n) is 2.62. The van der Waals surface area contributed by atoms with E-state index in [-0.39, 0.29) is 0 Å². The summed E-state index contributed by atoms with van der Waals surface area (Å²) < 4.78 is 24.7. The van der Waals surface area contributed by atoms with Crippen molar-refractivity contribution in [3.05, 3.63) is 12.7 Å². The molecule has 0 fully saturated rings. The van der Waals surface area contributed by atoms with Gasteiger partial charge >= 0.3 is 11.9 Å². The van der Waals surface area contributed by atoms with Crippen molar-refractivity contribution in [2.45, 2.75) is 18.8 Å². The summed E-state index contributed by atoms with van der Waals surface area (Å²) in [7, 11) is 0.